The van der Waals surface area contributed by atoms with Crippen molar-refractivity contribution in [3.63, 3.8) is 0 Å². The number of rotatable bonds is 4. The van der Waals surface area contributed by atoms with Gasteiger partial charge in [0.1, 0.15) is 5.82 Å². The molecule has 4 rings (SSSR count). The molecule has 1 N–H and O–H groups in total. The molecular formula is C16H14BrN5O2S2. The van der Waals surface area contributed by atoms with Crippen LogP contribution in [0.3, 0.4) is 0 Å². The van der Waals surface area contributed by atoms with E-state index in [1.165, 1.54) is 28.0 Å². The van der Waals surface area contributed by atoms with Crippen molar-refractivity contribution in [2.45, 2.75) is 29.8 Å². The molecule has 0 aliphatic carbocycles. The van der Waals surface area contributed by atoms with Crippen molar-refractivity contribution >= 4 is 58.8 Å². The Hall–Kier alpha value is -2.04. The van der Waals surface area contributed by atoms with Gasteiger partial charge in [0.2, 0.25) is 14.9 Å². The summed E-state index contributed by atoms with van der Waals surface area (Å²) < 4.78 is 29.3. The molecule has 0 bridgehead atoms. The minimum atomic E-state index is -3.84. The zero-order valence-electron chi connectivity index (χ0n) is 13.8. The molecule has 0 amide bonds. The van der Waals surface area contributed by atoms with Crippen LogP contribution in [0.25, 0.3) is 15.9 Å². The van der Waals surface area contributed by atoms with E-state index >= 15 is 0 Å². The Morgan fingerprint density at radius 1 is 1.19 bits per heavy atom. The first-order chi connectivity index (χ1) is 12.4. The van der Waals surface area contributed by atoms with Crippen molar-refractivity contribution < 1.29 is 8.42 Å². The number of hydrogen-bond acceptors (Lipinski definition) is 7. The van der Waals surface area contributed by atoms with Crippen LogP contribution < -0.4 is 5.32 Å². The highest BCUT2D eigenvalue weighted by Crippen LogP contribution is 2.31. The molecule has 0 saturated heterocycles. The number of anilines is 1. The number of nitrogens with zero attached hydrogens (tertiary/aromatic N) is 4. The van der Waals surface area contributed by atoms with Crippen LogP contribution in [0.15, 0.2) is 50.1 Å². The molecule has 134 valence electrons. The van der Waals surface area contributed by atoms with Crippen molar-refractivity contribution in [1.29, 1.82) is 0 Å². The maximum atomic E-state index is 13.0. The monoisotopic (exact) mass is 451 g/mol. The maximum absolute atomic E-state index is 13.0. The normalized spacial score (nSPS) is 12.3. The predicted octanol–water partition coefficient (Wildman–Crippen LogP) is 3.75. The van der Waals surface area contributed by atoms with E-state index in [2.05, 4.69) is 36.5 Å². The molecule has 7 nitrogen and oxygen atoms in total. The second-order valence-electron chi connectivity index (χ2n) is 5.98. The Balaban J connectivity index is 1.98. The van der Waals surface area contributed by atoms with E-state index in [-0.39, 0.29) is 21.6 Å². The highest BCUT2D eigenvalue weighted by Gasteiger charge is 2.27. The lowest BCUT2D eigenvalue weighted by molar-refractivity contribution is 0.592. The quantitative estimate of drug-likeness (QED) is 0.507. The molecule has 10 heteroatoms. The molecule has 0 aliphatic rings. The number of sulfone groups is 1. The van der Waals surface area contributed by atoms with Crippen molar-refractivity contribution in [3.8, 4) is 0 Å². The van der Waals surface area contributed by atoms with E-state index in [0.717, 1.165) is 14.7 Å². The summed E-state index contributed by atoms with van der Waals surface area (Å²) in [6, 6.07) is 8.44. The third-order valence-corrected chi connectivity index (χ3v) is 6.83. The smallest absolute Gasteiger partial charge is 0.229 e. The summed E-state index contributed by atoms with van der Waals surface area (Å²) in [5.41, 5.74) is 0.981. The van der Waals surface area contributed by atoms with Gasteiger partial charge in [-0.05, 0) is 49.6 Å². The zero-order chi connectivity index (χ0) is 18.5. The van der Waals surface area contributed by atoms with E-state index in [9.17, 15) is 8.42 Å². The van der Waals surface area contributed by atoms with Crippen LogP contribution in [0.2, 0.25) is 0 Å². The van der Waals surface area contributed by atoms with Gasteiger partial charge in [0.15, 0.2) is 5.65 Å². The highest BCUT2D eigenvalue weighted by molar-refractivity contribution is 9.10. The summed E-state index contributed by atoms with van der Waals surface area (Å²) in [5, 5.41) is 13.0. The lowest BCUT2D eigenvalue weighted by Crippen LogP contribution is -2.12. The number of halogens is 1. The van der Waals surface area contributed by atoms with Gasteiger partial charge < -0.3 is 5.32 Å². The van der Waals surface area contributed by atoms with Crippen molar-refractivity contribution in [1.82, 2.24) is 19.8 Å². The Morgan fingerprint density at radius 2 is 1.92 bits per heavy atom. The summed E-state index contributed by atoms with van der Waals surface area (Å²) in [5.74, 6) is 0.632. The van der Waals surface area contributed by atoms with E-state index in [1.807, 2.05) is 25.3 Å². The van der Waals surface area contributed by atoms with Crippen molar-refractivity contribution in [2.24, 2.45) is 0 Å². The zero-order valence-corrected chi connectivity index (χ0v) is 17.1. The molecule has 3 aromatic heterocycles. The van der Waals surface area contributed by atoms with Crippen LogP contribution in [-0.4, -0.2) is 34.3 Å². The van der Waals surface area contributed by atoms with E-state index in [0.29, 0.717) is 5.82 Å². The van der Waals surface area contributed by atoms with Gasteiger partial charge in [0, 0.05) is 10.5 Å². The lowest BCUT2D eigenvalue weighted by atomic mass is 10.3. The summed E-state index contributed by atoms with van der Waals surface area (Å²) in [6.45, 7) is 4.00. The van der Waals surface area contributed by atoms with Gasteiger partial charge in [0.25, 0.3) is 0 Å². The second kappa shape index (κ2) is 6.29. The van der Waals surface area contributed by atoms with Gasteiger partial charge in [0.05, 0.1) is 15.1 Å². The molecule has 0 atom stereocenters. The highest BCUT2D eigenvalue weighted by atomic mass is 79.9. The third-order valence-electron chi connectivity index (χ3n) is 3.73. The van der Waals surface area contributed by atoms with Gasteiger partial charge >= 0.3 is 0 Å². The number of fused-ring (bicyclic) bond motifs is 3. The lowest BCUT2D eigenvalue weighted by Gasteiger charge is -2.10. The van der Waals surface area contributed by atoms with Crippen LogP contribution >= 0.6 is 27.3 Å². The van der Waals surface area contributed by atoms with Gasteiger partial charge in [-0.3, -0.25) is 0 Å². The molecule has 26 heavy (non-hydrogen) atoms. The molecule has 4 aromatic rings. The van der Waals surface area contributed by atoms with Gasteiger partial charge in [-0.2, -0.15) is 4.52 Å². The molecule has 3 heterocycles. The molecule has 0 saturated carbocycles. The molecule has 0 fully saturated rings. The number of benzene rings is 1. The van der Waals surface area contributed by atoms with E-state index in [4.69, 9.17) is 0 Å². The first-order valence-corrected chi connectivity index (χ1v) is 10.9. The summed E-state index contributed by atoms with van der Waals surface area (Å²) in [7, 11) is -3.84. The molecule has 1 aromatic carbocycles. The standard InChI is InChI=1S/C16H14BrN5O2S2/c1-9(2)18-14-13-12(7-8-25-13)22-15(19-14)16(20-21-22)26(23,24)11-5-3-10(17)4-6-11/h3-9H,1-2H3,(H,18,19). The van der Waals surface area contributed by atoms with Crippen LogP contribution in [0.1, 0.15) is 13.8 Å². The van der Waals surface area contributed by atoms with Gasteiger partial charge in [-0.25, -0.2) is 13.4 Å². The minimum absolute atomic E-state index is 0.147. The Morgan fingerprint density at radius 3 is 2.62 bits per heavy atom. The fourth-order valence-electron chi connectivity index (χ4n) is 2.59. The molecule has 0 radical (unpaired) electrons. The number of nitrogens with one attached hydrogen (secondary N) is 1. The predicted molar refractivity (Wildman–Crippen MR) is 105 cm³/mol. The van der Waals surface area contributed by atoms with Crippen LogP contribution in [0.5, 0.6) is 0 Å². The Kier molecular flexibility index (Phi) is 4.20. The average molecular weight is 452 g/mol. The van der Waals surface area contributed by atoms with E-state index in [1.54, 1.807) is 12.1 Å². The molecular weight excluding hydrogens is 438 g/mol. The fourth-order valence-corrected chi connectivity index (χ4v) is 4.92. The van der Waals surface area contributed by atoms with Crippen LogP contribution in [0.4, 0.5) is 5.82 Å². The number of hydrogen-bond donors (Lipinski definition) is 1. The first kappa shape index (κ1) is 17.4. The van der Waals surface area contributed by atoms with Crippen LogP contribution in [-0.2, 0) is 9.84 Å². The SMILES string of the molecule is CC(C)Nc1nc2c(S(=O)(=O)c3ccc(Br)cc3)nnn2c2ccsc12. The number of thiophene rings is 1. The Labute approximate surface area is 162 Å². The average Bonchev–Trinajstić information content (AvgIpc) is 3.21. The minimum Gasteiger partial charge on any atom is -0.367 e. The molecule has 0 spiro atoms. The van der Waals surface area contributed by atoms with Crippen molar-refractivity contribution in [2.75, 3.05) is 5.32 Å². The van der Waals surface area contributed by atoms with Gasteiger partial charge in [-0.1, -0.05) is 21.1 Å². The second-order valence-corrected chi connectivity index (χ2v) is 9.68. The number of aromatic nitrogens is 4. The maximum Gasteiger partial charge on any atom is 0.229 e. The van der Waals surface area contributed by atoms with E-state index < -0.39 is 9.84 Å². The Bertz CT molecular complexity index is 1210. The summed E-state index contributed by atoms with van der Waals surface area (Å²) in [6.07, 6.45) is 0. The van der Waals surface area contributed by atoms with Crippen molar-refractivity contribution in [3.05, 3.63) is 40.2 Å². The molecule has 0 unspecified atom stereocenters. The summed E-state index contributed by atoms with van der Waals surface area (Å²) >= 11 is 4.83. The summed E-state index contributed by atoms with van der Waals surface area (Å²) in [4.78, 5) is 4.68. The largest absolute Gasteiger partial charge is 0.367 e. The van der Waals surface area contributed by atoms with Crippen LogP contribution in [0, 0.1) is 0 Å². The topological polar surface area (TPSA) is 89.2 Å². The fraction of sp³-hybridized carbons (Fsp3) is 0.188. The first-order valence-electron chi connectivity index (χ1n) is 7.78. The van der Waals surface area contributed by atoms with Gasteiger partial charge in [-0.15, -0.1) is 16.4 Å². The molecule has 0 aliphatic heterocycles. The third kappa shape index (κ3) is 2.78.